The number of halogens is 52. The quantitative estimate of drug-likeness (QED) is 0.0541. The molecule has 0 aliphatic rings. The Morgan fingerprint density at radius 1 is 0.129 bits per heavy atom. The third-order valence-corrected chi connectivity index (χ3v) is 26.8. The van der Waals surface area contributed by atoms with Crippen LogP contribution >= 0.6 is 0 Å². The summed E-state index contributed by atoms with van der Waals surface area (Å²) in [6.45, 7) is 0. The standard InChI is InChI=1S/4C8H4F13.Sn/c4*1-2-3(9,10)4(11,12)5(13,14)6(15,16)7(17,18)8(19,20)21;/h4*1-2H2;. The molecule has 0 aromatic carbocycles. The first-order valence-electron chi connectivity index (χ1n) is 19.7. The van der Waals surface area contributed by atoms with Crippen molar-refractivity contribution in [3.05, 3.63) is 0 Å². The Hall–Kier alpha value is -2.84. The van der Waals surface area contributed by atoms with Crippen molar-refractivity contribution in [2.45, 2.75) is 187 Å². The summed E-state index contributed by atoms with van der Waals surface area (Å²) in [6.07, 6.45) is -53.5. The summed E-state index contributed by atoms with van der Waals surface area (Å²) in [5, 5.41) is 0. The van der Waals surface area contributed by atoms with Crippen molar-refractivity contribution in [1.29, 1.82) is 0 Å². The molecule has 0 N–H and O–H groups in total. The molecule has 512 valence electrons. The Kier molecular flexibility index (Phi) is 20.9. The maximum atomic E-state index is 15.0. The zero-order valence-corrected chi connectivity index (χ0v) is 40.7. The second-order valence-electron chi connectivity index (χ2n) is 17.5. The van der Waals surface area contributed by atoms with Gasteiger partial charge in [0.1, 0.15) is 0 Å². The van der Waals surface area contributed by atoms with E-state index in [0.29, 0.717) is 0 Å². The molecule has 0 heterocycles. The molecule has 0 saturated heterocycles. The van der Waals surface area contributed by atoms with E-state index in [-0.39, 0.29) is 0 Å². The molecule has 0 aliphatic carbocycles. The Morgan fingerprint density at radius 2 is 0.224 bits per heavy atom. The van der Waals surface area contributed by atoms with Crippen molar-refractivity contribution in [2.24, 2.45) is 0 Å². The molecular weight excluding hydrogens is 1490 g/mol. The molecule has 85 heavy (non-hydrogen) atoms. The summed E-state index contributed by atoms with van der Waals surface area (Å²) in [5.74, 6) is -181. The van der Waals surface area contributed by atoms with Crippen LogP contribution in [0.3, 0.4) is 0 Å². The molecule has 0 nitrogen and oxygen atoms in total. The average Bonchev–Trinajstić information content (AvgIpc) is 3.25. The van der Waals surface area contributed by atoms with Crippen LogP contribution in [0, 0.1) is 0 Å². The average molecular weight is 1510 g/mol. The molecule has 0 amide bonds. The number of rotatable bonds is 28. The second-order valence-corrected chi connectivity index (χ2v) is 31.8. The van der Waals surface area contributed by atoms with Gasteiger partial charge in [0.2, 0.25) is 0 Å². The molecule has 0 spiro atoms. The van der Waals surface area contributed by atoms with E-state index in [1.165, 1.54) is 0 Å². The van der Waals surface area contributed by atoms with Crippen LogP contribution in [-0.2, 0) is 0 Å². The topological polar surface area (TPSA) is 0 Å². The van der Waals surface area contributed by atoms with Crippen LogP contribution in [0.1, 0.15) is 25.7 Å². The fourth-order valence-corrected chi connectivity index (χ4v) is 20.2. The van der Waals surface area contributed by atoms with Crippen molar-refractivity contribution >= 4 is 18.4 Å². The van der Waals surface area contributed by atoms with E-state index in [4.69, 9.17) is 0 Å². The fourth-order valence-electron chi connectivity index (χ4n) is 6.27. The summed E-state index contributed by atoms with van der Waals surface area (Å²) in [5.41, 5.74) is 0. The fraction of sp³-hybridized carbons (Fsp3) is 1.00. The molecule has 0 atom stereocenters. The number of alkyl halides is 52. The van der Waals surface area contributed by atoms with Crippen molar-refractivity contribution < 1.29 is 228 Å². The summed E-state index contributed by atoms with van der Waals surface area (Å²) in [4.78, 5) is 0. The number of hydrogen-bond acceptors (Lipinski definition) is 0. The number of hydrogen-bond donors (Lipinski definition) is 0. The van der Waals surface area contributed by atoms with E-state index >= 15 is 35.1 Å². The first-order valence-corrected chi connectivity index (χ1v) is 27.7. The van der Waals surface area contributed by atoms with E-state index in [9.17, 15) is 193 Å². The van der Waals surface area contributed by atoms with Gasteiger partial charge in [0.15, 0.2) is 0 Å². The van der Waals surface area contributed by atoms with Gasteiger partial charge >= 0.3 is 433 Å². The molecule has 0 radical (unpaired) electrons. The zero-order chi connectivity index (χ0) is 70.2. The second kappa shape index (κ2) is 21.7. The molecule has 0 aromatic rings. The summed E-state index contributed by atoms with van der Waals surface area (Å²) in [6, 6.07) is 0. The van der Waals surface area contributed by atoms with Crippen molar-refractivity contribution in [3.8, 4) is 0 Å². The molecule has 0 rings (SSSR count). The van der Waals surface area contributed by atoms with E-state index in [0.717, 1.165) is 0 Å². The van der Waals surface area contributed by atoms with Crippen molar-refractivity contribution in [1.82, 2.24) is 0 Å². The summed E-state index contributed by atoms with van der Waals surface area (Å²) >= 11 is -9.73. The molecule has 53 heteroatoms. The third-order valence-electron chi connectivity index (χ3n) is 11.9. The summed E-state index contributed by atoms with van der Waals surface area (Å²) in [7, 11) is 0. The van der Waals surface area contributed by atoms with Crippen LogP contribution in [0.2, 0.25) is 17.7 Å². The predicted octanol–water partition coefficient (Wildman–Crippen LogP) is 20.0. The van der Waals surface area contributed by atoms with Gasteiger partial charge in [-0.15, -0.1) is 0 Å². The van der Waals surface area contributed by atoms with Gasteiger partial charge in [-0.2, -0.15) is 0 Å². The monoisotopic (exact) mass is 1510 g/mol. The van der Waals surface area contributed by atoms with Crippen LogP contribution in [0.4, 0.5) is 228 Å². The van der Waals surface area contributed by atoms with E-state index < -0.39 is 205 Å². The van der Waals surface area contributed by atoms with Gasteiger partial charge < -0.3 is 0 Å². The van der Waals surface area contributed by atoms with Gasteiger partial charge in [0.05, 0.1) is 0 Å². The van der Waals surface area contributed by atoms with E-state index in [1.807, 2.05) is 0 Å². The molecule has 0 aliphatic heterocycles. The van der Waals surface area contributed by atoms with Gasteiger partial charge in [-0.05, 0) is 0 Å². The van der Waals surface area contributed by atoms with Crippen LogP contribution in [0.15, 0.2) is 0 Å². The molecule has 0 saturated carbocycles. The minimum atomic E-state index is -9.73. The molecule has 0 unspecified atom stereocenters. The molecule has 0 bridgehead atoms. The normalized spacial score (nSPS) is 17.1. The van der Waals surface area contributed by atoms with Gasteiger partial charge in [-0.25, -0.2) is 0 Å². The van der Waals surface area contributed by atoms with Gasteiger partial charge in [-0.3, -0.25) is 0 Å². The Balaban J connectivity index is 9.36. The Morgan fingerprint density at radius 3 is 0.318 bits per heavy atom. The third kappa shape index (κ3) is 12.1. The minimum absolute atomic E-state index is 4.31. The van der Waals surface area contributed by atoms with Crippen molar-refractivity contribution in [3.63, 3.8) is 0 Å². The SMILES string of the molecule is FC(F)(F)C(F)(F)C(F)(F)C(F)(F)C(F)(F)C(F)(F)C[CH2][Sn]([CH2]CC(F)(F)C(F)(F)C(F)(F)C(F)(F)C(F)(F)C(F)(F)F)([CH2]CC(F)(F)C(F)(F)C(F)(F)C(F)(F)C(F)(F)C(F)(F)F)[CH2]CC(F)(F)C(F)(F)C(F)(F)C(F)(F)C(F)(F)C(F)(F)F. The van der Waals surface area contributed by atoms with Crippen molar-refractivity contribution in [2.75, 3.05) is 0 Å². The van der Waals surface area contributed by atoms with E-state index in [2.05, 4.69) is 0 Å². The van der Waals surface area contributed by atoms with Crippen LogP contribution in [-0.4, -0.2) is 162 Å². The molecule has 0 aromatic heterocycles. The van der Waals surface area contributed by atoms with Gasteiger partial charge in [-0.1, -0.05) is 0 Å². The zero-order valence-electron chi connectivity index (χ0n) is 37.8. The Bertz CT molecular complexity index is 1960. The van der Waals surface area contributed by atoms with Crippen LogP contribution in [0.25, 0.3) is 0 Å². The van der Waals surface area contributed by atoms with Crippen LogP contribution < -0.4 is 0 Å². The first-order chi connectivity index (χ1) is 35.8. The van der Waals surface area contributed by atoms with Gasteiger partial charge in [0.25, 0.3) is 0 Å². The maximum absolute atomic E-state index is 15.0. The predicted molar refractivity (Wildman–Crippen MR) is 167 cm³/mol. The van der Waals surface area contributed by atoms with Gasteiger partial charge in [0, 0.05) is 0 Å². The summed E-state index contributed by atoms with van der Waals surface area (Å²) < 4.78 is 702. The molecule has 0 fully saturated rings. The Labute approximate surface area is 433 Å². The van der Waals surface area contributed by atoms with E-state index in [1.54, 1.807) is 0 Å². The first kappa shape index (κ1) is 82.2. The molecular formula is C32H16F52Sn. The van der Waals surface area contributed by atoms with Crippen LogP contribution in [0.5, 0.6) is 0 Å².